The van der Waals surface area contributed by atoms with Gasteiger partial charge in [0.2, 0.25) is 5.91 Å². The van der Waals surface area contributed by atoms with Crippen molar-refractivity contribution in [1.82, 2.24) is 0 Å². The molecule has 2 rings (SSSR count). The second kappa shape index (κ2) is 6.86. The molecular formula is C18H17FN2O. The molecule has 3 nitrogen and oxygen atoms in total. The van der Waals surface area contributed by atoms with Crippen molar-refractivity contribution < 1.29 is 9.18 Å². The third-order valence-corrected chi connectivity index (χ3v) is 3.35. The molecule has 0 aliphatic carbocycles. The molecule has 0 aliphatic rings. The van der Waals surface area contributed by atoms with Crippen molar-refractivity contribution in [2.75, 3.05) is 4.90 Å². The molecule has 0 saturated heterocycles. The van der Waals surface area contributed by atoms with Crippen LogP contribution in [0, 0.1) is 24.1 Å². The standard InChI is InChI=1S/C18H17FN2O/c1-3-18(22)21(12-14-6-4-5-13(2)7-14)17-9-15(11-20)8-16(19)10-17/h4-10H,3,12H2,1-2H3. The van der Waals surface area contributed by atoms with Gasteiger partial charge in [0.1, 0.15) is 5.82 Å². The number of hydrogen-bond donors (Lipinski definition) is 0. The lowest BCUT2D eigenvalue weighted by Gasteiger charge is -2.23. The Morgan fingerprint density at radius 3 is 2.68 bits per heavy atom. The van der Waals surface area contributed by atoms with Crippen LogP contribution in [0.3, 0.4) is 0 Å². The molecule has 4 heteroatoms. The monoisotopic (exact) mass is 296 g/mol. The van der Waals surface area contributed by atoms with Gasteiger partial charge in [0.25, 0.3) is 0 Å². The van der Waals surface area contributed by atoms with Crippen LogP contribution in [0.4, 0.5) is 10.1 Å². The van der Waals surface area contributed by atoms with E-state index in [2.05, 4.69) is 0 Å². The summed E-state index contributed by atoms with van der Waals surface area (Å²) in [7, 11) is 0. The van der Waals surface area contributed by atoms with Gasteiger partial charge in [-0.3, -0.25) is 4.79 Å². The van der Waals surface area contributed by atoms with E-state index in [0.717, 1.165) is 17.2 Å². The first kappa shape index (κ1) is 15.7. The Hall–Kier alpha value is -2.67. The highest BCUT2D eigenvalue weighted by atomic mass is 19.1. The summed E-state index contributed by atoms with van der Waals surface area (Å²) in [5.41, 5.74) is 2.67. The van der Waals surface area contributed by atoms with Crippen LogP contribution in [0.15, 0.2) is 42.5 Å². The van der Waals surface area contributed by atoms with Crippen LogP contribution >= 0.6 is 0 Å². The number of anilines is 1. The second-order valence-electron chi connectivity index (χ2n) is 5.13. The highest BCUT2D eigenvalue weighted by Gasteiger charge is 2.16. The quantitative estimate of drug-likeness (QED) is 0.857. The van der Waals surface area contributed by atoms with E-state index in [-0.39, 0.29) is 11.5 Å². The first-order valence-electron chi connectivity index (χ1n) is 7.10. The van der Waals surface area contributed by atoms with E-state index in [1.165, 1.54) is 17.0 Å². The van der Waals surface area contributed by atoms with Gasteiger partial charge in [-0.15, -0.1) is 0 Å². The molecule has 0 unspecified atom stereocenters. The maximum atomic E-state index is 13.7. The lowest BCUT2D eigenvalue weighted by Crippen LogP contribution is -2.29. The first-order valence-corrected chi connectivity index (χ1v) is 7.10. The molecule has 0 atom stereocenters. The molecule has 0 saturated carbocycles. The normalized spacial score (nSPS) is 10.1. The molecule has 2 aromatic carbocycles. The van der Waals surface area contributed by atoms with Gasteiger partial charge in [0.15, 0.2) is 0 Å². The fourth-order valence-corrected chi connectivity index (χ4v) is 2.30. The third kappa shape index (κ3) is 3.70. The van der Waals surface area contributed by atoms with Gasteiger partial charge in [-0.2, -0.15) is 5.26 Å². The number of halogens is 1. The Morgan fingerprint density at radius 2 is 2.05 bits per heavy atom. The Morgan fingerprint density at radius 1 is 1.27 bits per heavy atom. The number of amides is 1. The first-order chi connectivity index (χ1) is 10.5. The van der Waals surface area contributed by atoms with Gasteiger partial charge in [0.05, 0.1) is 18.2 Å². The zero-order valence-corrected chi connectivity index (χ0v) is 12.6. The van der Waals surface area contributed by atoms with Gasteiger partial charge < -0.3 is 4.90 Å². The van der Waals surface area contributed by atoms with Gasteiger partial charge in [-0.1, -0.05) is 36.8 Å². The molecule has 0 radical (unpaired) electrons. The Bertz CT molecular complexity index is 734. The van der Waals surface area contributed by atoms with Crippen molar-refractivity contribution in [2.45, 2.75) is 26.8 Å². The summed E-state index contributed by atoms with van der Waals surface area (Å²) < 4.78 is 13.7. The summed E-state index contributed by atoms with van der Waals surface area (Å²) >= 11 is 0. The molecule has 2 aromatic rings. The summed E-state index contributed by atoms with van der Waals surface area (Å²) in [6.45, 7) is 4.09. The molecule has 0 fully saturated rings. The van der Waals surface area contributed by atoms with Crippen LogP contribution in [-0.4, -0.2) is 5.91 Å². The number of nitrogens with zero attached hydrogens (tertiary/aromatic N) is 2. The average Bonchev–Trinajstić information content (AvgIpc) is 2.51. The SMILES string of the molecule is CCC(=O)N(Cc1cccc(C)c1)c1cc(F)cc(C#N)c1. The van der Waals surface area contributed by atoms with E-state index < -0.39 is 5.82 Å². The number of hydrogen-bond acceptors (Lipinski definition) is 2. The van der Waals surface area contributed by atoms with E-state index in [9.17, 15) is 9.18 Å². The van der Waals surface area contributed by atoms with Crippen molar-refractivity contribution in [3.05, 3.63) is 65.0 Å². The van der Waals surface area contributed by atoms with Gasteiger partial charge in [-0.05, 0) is 30.7 Å². The van der Waals surface area contributed by atoms with Crippen molar-refractivity contribution in [3.8, 4) is 6.07 Å². The van der Waals surface area contributed by atoms with E-state index in [1.54, 1.807) is 6.92 Å². The number of benzene rings is 2. The van der Waals surface area contributed by atoms with Crippen LogP contribution in [0.5, 0.6) is 0 Å². The predicted molar refractivity (Wildman–Crippen MR) is 83.8 cm³/mol. The van der Waals surface area contributed by atoms with E-state index >= 15 is 0 Å². The second-order valence-corrected chi connectivity index (χ2v) is 5.13. The van der Waals surface area contributed by atoms with Crippen molar-refractivity contribution >= 4 is 11.6 Å². The van der Waals surface area contributed by atoms with E-state index in [1.807, 2.05) is 37.3 Å². The largest absolute Gasteiger partial charge is 0.308 e. The molecule has 0 bridgehead atoms. The lowest BCUT2D eigenvalue weighted by atomic mass is 10.1. The van der Waals surface area contributed by atoms with Crippen molar-refractivity contribution in [1.29, 1.82) is 5.26 Å². The van der Waals surface area contributed by atoms with E-state index in [4.69, 9.17) is 5.26 Å². The van der Waals surface area contributed by atoms with Gasteiger partial charge in [0, 0.05) is 12.1 Å². The molecule has 0 heterocycles. The van der Waals surface area contributed by atoms with Crippen LogP contribution in [-0.2, 0) is 11.3 Å². The fraction of sp³-hybridized carbons (Fsp3) is 0.222. The highest BCUT2D eigenvalue weighted by molar-refractivity contribution is 5.93. The molecule has 0 aromatic heterocycles. The number of aryl methyl sites for hydroxylation is 1. The molecule has 0 N–H and O–H groups in total. The maximum absolute atomic E-state index is 13.7. The summed E-state index contributed by atoms with van der Waals surface area (Å²) in [5.74, 6) is -0.636. The summed E-state index contributed by atoms with van der Waals surface area (Å²) in [6.07, 6.45) is 0.310. The minimum Gasteiger partial charge on any atom is -0.308 e. The summed E-state index contributed by atoms with van der Waals surface area (Å²) in [6, 6.07) is 13.7. The van der Waals surface area contributed by atoms with Crippen LogP contribution < -0.4 is 4.90 Å². The Kier molecular flexibility index (Phi) is 4.90. The number of rotatable bonds is 4. The van der Waals surface area contributed by atoms with Gasteiger partial charge in [-0.25, -0.2) is 4.39 Å². The number of carbonyl (C=O) groups is 1. The fourth-order valence-electron chi connectivity index (χ4n) is 2.30. The zero-order chi connectivity index (χ0) is 16.1. The van der Waals surface area contributed by atoms with Crippen molar-refractivity contribution in [3.63, 3.8) is 0 Å². The average molecular weight is 296 g/mol. The molecule has 1 amide bonds. The van der Waals surface area contributed by atoms with Crippen LogP contribution in [0.25, 0.3) is 0 Å². The van der Waals surface area contributed by atoms with Gasteiger partial charge >= 0.3 is 0 Å². The number of carbonyl (C=O) groups excluding carboxylic acids is 1. The van der Waals surface area contributed by atoms with Crippen molar-refractivity contribution in [2.24, 2.45) is 0 Å². The predicted octanol–water partition coefficient (Wildman–Crippen LogP) is 3.95. The maximum Gasteiger partial charge on any atom is 0.227 e. The summed E-state index contributed by atoms with van der Waals surface area (Å²) in [4.78, 5) is 13.7. The molecule has 0 spiro atoms. The number of nitriles is 1. The highest BCUT2D eigenvalue weighted by Crippen LogP contribution is 2.22. The minimum absolute atomic E-state index is 0.115. The molecular weight excluding hydrogens is 279 g/mol. The Balaban J connectivity index is 2.41. The zero-order valence-electron chi connectivity index (χ0n) is 12.6. The third-order valence-electron chi connectivity index (χ3n) is 3.35. The molecule has 0 aliphatic heterocycles. The summed E-state index contributed by atoms with van der Waals surface area (Å²) in [5, 5.41) is 8.97. The van der Waals surface area contributed by atoms with E-state index in [0.29, 0.717) is 18.7 Å². The minimum atomic E-state index is -0.521. The molecule has 112 valence electrons. The lowest BCUT2D eigenvalue weighted by molar-refractivity contribution is -0.118. The topological polar surface area (TPSA) is 44.1 Å². The Labute approximate surface area is 129 Å². The van der Waals surface area contributed by atoms with Crippen LogP contribution in [0.2, 0.25) is 0 Å². The smallest absolute Gasteiger partial charge is 0.227 e. The molecule has 22 heavy (non-hydrogen) atoms. The van der Waals surface area contributed by atoms with Crippen LogP contribution in [0.1, 0.15) is 30.0 Å².